The van der Waals surface area contributed by atoms with E-state index in [0.717, 1.165) is 21.8 Å². The van der Waals surface area contributed by atoms with Gasteiger partial charge in [-0.2, -0.15) is 0 Å². The first-order chi connectivity index (χ1) is 15.9. The first kappa shape index (κ1) is 22.7. The summed E-state index contributed by atoms with van der Waals surface area (Å²) in [5.74, 6) is -0.246. The molecule has 1 heterocycles. The van der Waals surface area contributed by atoms with Gasteiger partial charge in [0, 0.05) is 28.7 Å². The van der Waals surface area contributed by atoms with Gasteiger partial charge >= 0.3 is 0 Å². The second-order valence-corrected chi connectivity index (χ2v) is 10.2. The van der Waals surface area contributed by atoms with Crippen LogP contribution in [-0.2, 0) is 16.4 Å². The predicted molar refractivity (Wildman–Crippen MR) is 132 cm³/mol. The molecule has 33 heavy (non-hydrogen) atoms. The minimum Gasteiger partial charge on any atom is -0.352 e. The van der Waals surface area contributed by atoms with E-state index in [4.69, 9.17) is 0 Å². The van der Waals surface area contributed by atoms with Gasteiger partial charge in [0.25, 0.3) is 15.9 Å². The molecule has 0 aliphatic rings. The Balaban J connectivity index is 1.31. The minimum absolute atomic E-state index is 0.0956. The lowest BCUT2D eigenvalue weighted by Gasteiger charge is -2.09. The Labute approximate surface area is 197 Å². The largest absolute Gasteiger partial charge is 0.352 e. The Morgan fingerprint density at radius 2 is 1.64 bits per heavy atom. The predicted octanol–water partition coefficient (Wildman–Crippen LogP) is 4.89. The summed E-state index contributed by atoms with van der Waals surface area (Å²) in [6.45, 7) is 2.46. The van der Waals surface area contributed by atoms with Gasteiger partial charge in [-0.25, -0.2) is 13.4 Å². The number of carbonyl (C=O) groups is 1. The highest BCUT2D eigenvalue weighted by molar-refractivity contribution is 7.92. The number of carbonyl (C=O) groups excluding carboxylic acids is 1. The van der Waals surface area contributed by atoms with Crippen LogP contribution in [0.3, 0.4) is 0 Å². The average Bonchev–Trinajstić information content (AvgIpc) is 3.26. The number of nitrogens with one attached hydrogen (secondary N) is 2. The van der Waals surface area contributed by atoms with Gasteiger partial charge in [0.05, 0.1) is 15.6 Å². The summed E-state index contributed by atoms with van der Waals surface area (Å²) in [5, 5.41) is 5.96. The zero-order chi connectivity index (χ0) is 23.3. The molecule has 168 valence electrons. The van der Waals surface area contributed by atoms with Crippen molar-refractivity contribution >= 4 is 33.0 Å². The quantitative estimate of drug-likeness (QED) is 0.378. The second kappa shape index (κ2) is 9.97. The fourth-order valence-corrected chi connectivity index (χ4v) is 4.95. The molecule has 8 heteroatoms. The highest BCUT2D eigenvalue weighted by Crippen LogP contribution is 2.22. The molecular formula is C25H23N3O3S2. The summed E-state index contributed by atoms with van der Waals surface area (Å²) in [6, 6.07) is 22.7. The number of amides is 1. The van der Waals surface area contributed by atoms with E-state index in [9.17, 15) is 13.2 Å². The smallest absolute Gasteiger partial charge is 0.261 e. The maximum absolute atomic E-state index is 12.5. The van der Waals surface area contributed by atoms with Crippen molar-refractivity contribution in [3.8, 4) is 11.3 Å². The van der Waals surface area contributed by atoms with E-state index in [1.165, 1.54) is 24.3 Å². The molecule has 0 saturated carbocycles. The van der Waals surface area contributed by atoms with E-state index in [0.29, 0.717) is 24.2 Å². The zero-order valence-electron chi connectivity index (χ0n) is 18.0. The van der Waals surface area contributed by atoms with Crippen molar-refractivity contribution in [3.63, 3.8) is 0 Å². The summed E-state index contributed by atoms with van der Waals surface area (Å²) in [4.78, 5) is 17.0. The molecule has 0 aliphatic carbocycles. The van der Waals surface area contributed by atoms with Crippen LogP contribution >= 0.6 is 11.3 Å². The maximum atomic E-state index is 12.5. The summed E-state index contributed by atoms with van der Waals surface area (Å²) < 4.78 is 27.5. The topological polar surface area (TPSA) is 88.2 Å². The van der Waals surface area contributed by atoms with E-state index < -0.39 is 10.0 Å². The van der Waals surface area contributed by atoms with Crippen LogP contribution in [0.15, 0.2) is 89.1 Å². The molecular weight excluding hydrogens is 454 g/mol. The number of benzene rings is 3. The number of aromatic nitrogens is 1. The Morgan fingerprint density at radius 1 is 0.939 bits per heavy atom. The minimum atomic E-state index is -3.72. The lowest BCUT2D eigenvalue weighted by Crippen LogP contribution is -2.25. The van der Waals surface area contributed by atoms with Gasteiger partial charge in [-0.1, -0.05) is 42.5 Å². The number of thiazole rings is 1. The zero-order valence-corrected chi connectivity index (χ0v) is 19.6. The third-order valence-corrected chi connectivity index (χ3v) is 7.19. The van der Waals surface area contributed by atoms with Gasteiger partial charge in [-0.15, -0.1) is 11.3 Å². The normalized spacial score (nSPS) is 11.2. The third kappa shape index (κ3) is 5.85. The van der Waals surface area contributed by atoms with Crippen molar-refractivity contribution in [2.24, 2.45) is 0 Å². The molecule has 0 saturated heterocycles. The standard InChI is InChI=1S/C25H23N3O3S2/c1-18-27-24(17-32-18)20-9-7-19(8-10-20)15-16-26-25(29)21-11-13-23(14-12-21)33(30,31)28-22-5-3-2-4-6-22/h2-14,17,28H,15-16H2,1H3,(H,26,29). The van der Waals surface area contributed by atoms with Crippen molar-refractivity contribution in [2.75, 3.05) is 11.3 Å². The van der Waals surface area contributed by atoms with E-state index in [2.05, 4.69) is 15.0 Å². The second-order valence-electron chi connectivity index (χ2n) is 7.45. The first-order valence-corrected chi connectivity index (χ1v) is 12.7. The van der Waals surface area contributed by atoms with Gasteiger partial charge in [-0.3, -0.25) is 9.52 Å². The average molecular weight is 478 g/mol. The molecule has 2 N–H and O–H groups in total. The number of nitrogens with zero attached hydrogens (tertiary/aromatic N) is 1. The van der Waals surface area contributed by atoms with Crippen molar-refractivity contribution in [2.45, 2.75) is 18.2 Å². The molecule has 6 nitrogen and oxygen atoms in total. The first-order valence-electron chi connectivity index (χ1n) is 10.4. The van der Waals surface area contributed by atoms with Gasteiger partial charge in [0.2, 0.25) is 0 Å². The number of aryl methyl sites for hydroxylation is 1. The van der Waals surface area contributed by atoms with Crippen molar-refractivity contribution in [1.82, 2.24) is 10.3 Å². The molecule has 4 aromatic rings. The highest BCUT2D eigenvalue weighted by atomic mass is 32.2. The third-order valence-electron chi connectivity index (χ3n) is 5.02. The monoisotopic (exact) mass is 477 g/mol. The van der Waals surface area contributed by atoms with Crippen molar-refractivity contribution < 1.29 is 13.2 Å². The van der Waals surface area contributed by atoms with Gasteiger partial charge in [0.15, 0.2) is 0 Å². The Morgan fingerprint density at radius 3 is 2.27 bits per heavy atom. The van der Waals surface area contributed by atoms with Gasteiger partial charge in [0.1, 0.15) is 0 Å². The Hall–Kier alpha value is -3.49. The lowest BCUT2D eigenvalue weighted by atomic mass is 10.1. The molecule has 0 bridgehead atoms. The molecule has 1 amide bonds. The number of hydrogen-bond donors (Lipinski definition) is 2. The van der Waals surface area contributed by atoms with Gasteiger partial charge < -0.3 is 5.32 Å². The summed E-state index contributed by atoms with van der Waals surface area (Å²) in [7, 11) is -3.72. The van der Waals surface area contributed by atoms with Crippen molar-refractivity contribution in [1.29, 1.82) is 0 Å². The lowest BCUT2D eigenvalue weighted by molar-refractivity contribution is 0.0954. The van der Waals surface area contributed by atoms with Gasteiger partial charge in [-0.05, 0) is 55.3 Å². The molecule has 0 unspecified atom stereocenters. The van der Waals surface area contributed by atoms with E-state index in [1.54, 1.807) is 35.6 Å². The fraction of sp³-hybridized carbons (Fsp3) is 0.120. The van der Waals surface area contributed by atoms with E-state index >= 15 is 0 Å². The molecule has 0 radical (unpaired) electrons. The van der Waals surface area contributed by atoms with Crippen LogP contribution in [0.4, 0.5) is 5.69 Å². The molecule has 1 aromatic heterocycles. The summed E-state index contributed by atoms with van der Waals surface area (Å²) in [6.07, 6.45) is 0.690. The van der Waals surface area contributed by atoms with Crippen LogP contribution in [0, 0.1) is 6.92 Å². The highest BCUT2D eigenvalue weighted by Gasteiger charge is 2.15. The van der Waals surface area contributed by atoms with Crippen LogP contribution in [0.1, 0.15) is 20.9 Å². The molecule has 3 aromatic carbocycles. The Bertz CT molecular complexity index is 1330. The SMILES string of the molecule is Cc1nc(-c2ccc(CCNC(=O)c3ccc(S(=O)(=O)Nc4ccccc4)cc3)cc2)cs1. The number of anilines is 1. The summed E-state index contributed by atoms with van der Waals surface area (Å²) in [5.41, 5.74) is 4.04. The maximum Gasteiger partial charge on any atom is 0.261 e. The number of hydrogen-bond acceptors (Lipinski definition) is 5. The Kier molecular flexibility index (Phi) is 6.86. The van der Waals surface area contributed by atoms with Crippen LogP contribution < -0.4 is 10.0 Å². The molecule has 0 aliphatic heterocycles. The molecule has 0 spiro atoms. The number of sulfonamides is 1. The van der Waals surface area contributed by atoms with Crippen LogP contribution in [0.25, 0.3) is 11.3 Å². The van der Waals surface area contributed by atoms with Crippen LogP contribution in [0.2, 0.25) is 0 Å². The van der Waals surface area contributed by atoms with Crippen LogP contribution in [0.5, 0.6) is 0 Å². The number of rotatable bonds is 8. The number of para-hydroxylation sites is 1. The molecule has 4 rings (SSSR count). The van der Waals surface area contributed by atoms with E-state index in [1.807, 2.05) is 42.6 Å². The van der Waals surface area contributed by atoms with Crippen molar-refractivity contribution in [3.05, 3.63) is 100 Å². The fourth-order valence-electron chi connectivity index (χ4n) is 3.27. The molecule has 0 fully saturated rings. The van der Waals surface area contributed by atoms with Crippen LogP contribution in [-0.4, -0.2) is 25.9 Å². The van der Waals surface area contributed by atoms with E-state index in [-0.39, 0.29) is 10.8 Å². The summed E-state index contributed by atoms with van der Waals surface area (Å²) >= 11 is 1.63. The molecule has 0 atom stereocenters.